The normalized spacial score (nSPS) is 28.9. The maximum Gasteiger partial charge on any atom is 0.414 e. The highest BCUT2D eigenvalue weighted by Gasteiger charge is 2.44. The Morgan fingerprint density at radius 3 is 2.64 bits per heavy atom. The summed E-state index contributed by atoms with van der Waals surface area (Å²) in [7, 11) is 0. The first-order valence-corrected chi connectivity index (χ1v) is 4.66. The molecule has 1 aliphatic heterocycles. The van der Waals surface area contributed by atoms with Crippen LogP contribution in [0, 0.1) is 5.92 Å². The van der Waals surface area contributed by atoms with E-state index in [1.54, 1.807) is 6.92 Å². The number of halogens is 3. The third-order valence-electron chi connectivity index (χ3n) is 2.45. The summed E-state index contributed by atoms with van der Waals surface area (Å²) in [6.45, 7) is 1.70. The van der Waals surface area contributed by atoms with E-state index in [1.165, 1.54) is 0 Å². The molecule has 0 aromatic rings. The van der Waals surface area contributed by atoms with Gasteiger partial charge in [0, 0.05) is 18.9 Å². The molecule has 0 aromatic carbocycles. The number of rotatable bonds is 2. The topological polar surface area (TPSA) is 26.3 Å². The molecule has 0 bridgehead atoms. The Hall–Kier alpha value is -0.580. The van der Waals surface area contributed by atoms with Gasteiger partial charge in [0.25, 0.3) is 0 Å². The fraction of sp³-hybridized carbons (Fsp3) is 0.889. The Labute approximate surface area is 80.4 Å². The van der Waals surface area contributed by atoms with E-state index in [2.05, 4.69) is 4.74 Å². The van der Waals surface area contributed by atoms with Crippen LogP contribution in [0.4, 0.5) is 13.2 Å². The molecule has 5 heteroatoms. The summed E-state index contributed by atoms with van der Waals surface area (Å²) in [6.07, 6.45) is -5.59. The van der Waals surface area contributed by atoms with E-state index in [4.69, 9.17) is 0 Å². The van der Waals surface area contributed by atoms with Crippen LogP contribution in [0.2, 0.25) is 0 Å². The lowest BCUT2D eigenvalue weighted by molar-refractivity contribution is -0.234. The van der Waals surface area contributed by atoms with Gasteiger partial charge in [-0.1, -0.05) is 6.92 Å². The molecular weight excluding hydrogens is 197 g/mol. The fourth-order valence-corrected chi connectivity index (χ4v) is 1.61. The summed E-state index contributed by atoms with van der Waals surface area (Å²) in [5, 5.41) is 0. The Bertz CT molecular complexity index is 213. The molecule has 0 amide bonds. The van der Waals surface area contributed by atoms with Gasteiger partial charge >= 0.3 is 6.18 Å². The molecule has 1 saturated heterocycles. The smallest absolute Gasteiger partial charge is 0.369 e. The molecule has 2 atom stereocenters. The van der Waals surface area contributed by atoms with E-state index in [9.17, 15) is 18.0 Å². The highest BCUT2D eigenvalue weighted by molar-refractivity contribution is 5.80. The van der Waals surface area contributed by atoms with Crippen LogP contribution in [-0.4, -0.2) is 24.7 Å². The van der Waals surface area contributed by atoms with Crippen molar-refractivity contribution in [1.29, 1.82) is 0 Å². The van der Waals surface area contributed by atoms with Gasteiger partial charge in [0.05, 0.1) is 0 Å². The van der Waals surface area contributed by atoms with Crippen LogP contribution in [0.1, 0.15) is 26.2 Å². The predicted octanol–water partition coefficient (Wildman–Crippen LogP) is 2.32. The minimum atomic E-state index is -4.34. The molecule has 1 rings (SSSR count). The summed E-state index contributed by atoms with van der Waals surface area (Å²) in [6, 6.07) is 0. The van der Waals surface area contributed by atoms with Crippen LogP contribution in [0.5, 0.6) is 0 Å². The summed E-state index contributed by atoms with van der Waals surface area (Å²) in [5.41, 5.74) is 0. The summed E-state index contributed by atoms with van der Waals surface area (Å²) in [5.74, 6) is -0.567. The first-order valence-electron chi connectivity index (χ1n) is 4.66. The Balaban J connectivity index is 2.56. The van der Waals surface area contributed by atoms with E-state index < -0.39 is 18.2 Å². The molecule has 0 aliphatic carbocycles. The van der Waals surface area contributed by atoms with E-state index in [0.717, 1.165) is 0 Å². The minimum Gasteiger partial charge on any atom is -0.369 e. The van der Waals surface area contributed by atoms with Gasteiger partial charge < -0.3 is 4.74 Å². The maximum atomic E-state index is 12.2. The Morgan fingerprint density at radius 2 is 2.14 bits per heavy atom. The van der Waals surface area contributed by atoms with Crippen molar-refractivity contribution in [1.82, 2.24) is 0 Å². The predicted molar refractivity (Wildman–Crippen MR) is 43.8 cm³/mol. The van der Waals surface area contributed by atoms with Crippen LogP contribution in [0.25, 0.3) is 0 Å². The number of ether oxygens (including phenoxy) is 1. The second kappa shape index (κ2) is 4.29. The Morgan fingerprint density at radius 1 is 1.50 bits per heavy atom. The molecule has 0 N–H and O–H groups in total. The number of hydrogen-bond acceptors (Lipinski definition) is 2. The van der Waals surface area contributed by atoms with Gasteiger partial charge in [0.2, 0.25) is 0 Å². The van der Waals surface area contributed by atoms with Gasteiger partial charge in [-0.2, -0.15) is 13.2 Å². The second-order valence-corrected chi connectivity index (χ2v) is 3.44. The first-order chi connectivity index (χ1) is 6.45. The lowest BCUT2D eigenvalue weighted by atomic mass is 9.90. The molecule has 0 aromatic heterocycles. The molecule has 2 nitrogen and oxygen atoms in total. The third kappa shape index (κ3) is 2.70. The lowest BCUT2D eigenvalue weighted by Gasteiger charge is -2.29. The first kappa shape index (κ1) is 11.5. The SMILES string of the molecule is CCC(=O)C1CCOC(C(F)(F)F)C1. The second-order valence-electron chi connectivity index (χ2n) is 3.44. The van der Waals surface area contributed by atoms with Crippen LogP contribution in [0.3, 0.4) is 0 Å². The monoisotopic (exact) mass is 210 g/mol. The molecule has 1 fully saturated rings. The van der Waals surface area contributed by atoms with Gasteiger partial charge in [0.15, 0.2) is 6.10 Å². The zero-order valence-electron chi connectivity index (χ0n) is 7.93. The zero-order valence-corrected chi connectivity index (χ0v) is 7.93. The summed E-state index contributed by atoms with van der Waals surface area (Å²) < 4.78 is 41.3. The number of Topliss-reactive ketones (excluding diaryl/α,β-unsaturated/α-hetero) is 1. The molecule has 14 heavy (non-hydrogen) atoms. The van der Waals surface area contributed by atoms with Crippen LogP contribution in [0.15, 0.2) is 0 Å². The zero-order chi connectivity index (χ0) is 10.8. The highest BCUT2D eigenvalue weighted by atomic mass is 19.4. The third-order valence-corrected chi connectivity index (χ3v) is 2.45. The van der Waals surface area contributed by atoms with E-state index >= 15 is 0 Å². The van der Waals surface area contributed by atoms with Crippen molar-refractivity contribution in [3.05, 3.63) is 0 Å². The molecule has 1 aliphatic rings. The average molecular weight is 210 g/mol. The standard InChI is InChI=1S/C9H13F3O2/c1-2-7(13)6-3-4-14-8(5-6)9(10,11)12/h6,8H,2-5H2,1H3. The number of ketones is 1. The van der Waals surface area contributed by atoms with E-state index in [0.29, 0.717) is 12.8 Å². The van der Waals surface area contributed by atoms with Crippen molar-refractivity contribution in [2.75, 3.05) is 6.61 Å². The number of hydrogen-bond donors (Lipinski definition) is 0. The van der Waals surface area contributed by atoms with E-state index in [-0.39, 0.29) is 18.8 Å². The fourth-order valence-electron chi connectivity index (χ4n) is 1.61. The maximum absolute atomic E-state index is 12.2. The van der Waals surface area contributed by atoms with Crippen LogP contribution in [-0.2, 0) is 9.53 Å². The molecule has 1 heterocycles. The van der Waals surface area contributed by atoms with Crippen molar-refractivity contribution in [2.45, 2.75) is 38.5 Å². The van der Waals surface area contributed by atoms with Crippen molar-refractivity contribution in [3.8, 4) is 0 Å². The summed E-state index contributed by atoms with van der Waals surface area (Å²) >= 11 is 0. The lowest BCUT2D eigenvalue weighted by Crippen LogP contribution is -2.39. The molecule has 0 radical (unpaired) electrons. The highest BCUT2D eigenvalue weighted by Crippen LogP contribution is 2.32. The number of alkyl halides is 3. The number of carbonyl (C=O) groups is 1. The molecule has 0 spiro atoms. The van der Waals surface area contributed by atoms with Gasteiger partial charge in [-0.15, -0.1) is 0 Å². The van der Waals surface area contributed by atoms with Crippen molar-refractivity contribution in [3.63, 3.8) is 0 Å². The van der Waals surface area contributed by atoms with E-state index in [1.807, 2.05) is 0 Å². The van der Waals surface area contributed by atoms with Crippen molar-refractivity contribution >= 4 is 5.78 Å². The van der Waals surface area contributed by atoms with Gasteiger partial charge in [-0.3, -0.25) is 4.79 Å². The van der Waals surface area contributed by atoms with Gasteiger partial charge in [-0.25, -0.2) is 0 Å². The van der Waals surface area contributed by atoms with Crippen LogP contribution < -0.4 is 0 Å². The van der Waals surface area contributed by atoms with Crippen molar-refractivity contribution in [2.24, 2.45) is 5.92 Å². The van der Waals surface area contributed by atoms with Gasteiger partial charge in [0.1, 0.15) is 5.78 Å². The summed E-state index contributed by atoms with van der Waals surface area (Å²) in [4.78, 5) is 11.2. The van der Waals surface area contributed by atoms with Crippen molar-refractivity contribution < 1.29 is 22.7 Å². The number of carbonyl (C=O) groups excluding carboxylic acids is 1. The minimum absolute atomic E-state index is 0.0284. The average Bonchev–Trinajstić information content (AvgIpc) is 2.15. The molecular formula is C9H13F3O2. The van der Waals surface area contributed by atoms with Gasteiger partial charge in [-0.05, 0) is 12.8 Å². The van der Waals surface area contributed by atoms with Crippen LogP contribution >= 0.6 is 0 Å². The quantitative estimate of drug-likeness (QED) is 0.699. The Kier molecular flexibility index (Phi) is 3.53. The largest absolute Gasteiger partial charge is 0.414 e. The molecule has 0 saturated carbocycles. The molecule has 2 unspecified atom stereocenters. The molecule has 82 valence electrons.